The van der Waals surface area contributed by atoms with Gasteiger partial charge in [0.15, 0.2) is 0 Å². The van der Waals surface area contributed by atoms with Gasteiger partial charge in [-0.3, -0.25) is 14.9 Å². The minimum absolute atomic E-state index is 0.0983. The van der Waals surface area contributed by atoms with Crippen molar-refractivity contribution in [2.45, 2.75) is 19.3 Å². The number of halogens is 2. The van der Waals surface area contributed by atoms with E-state index in [2.05, 4.69) is 37.2 Å². The predicted octanol–water partition coefficient (Wildman–Crippen LogP) is 3.65. The van der Waals surface area contributed by atoms with Gasteiger partial charge < -0.3 is 5.32 Å². The Bertz CT molecular complexity index is 466. The molecule has 0 aromatic heterocycles. The molecule has 0 bridgehead atoms. The van der Waals surface area contributed by atoms with Gasteiger partial charge in [-0.05, 0) is 18.9 Å². The van der Waals surface area contributed by atoms with Crippen molar-refractivity contribution in [1.82, 2.24) is 5.32 Å². The third-order valence-corrected chi connectivity index (χ3v) is 3.47. The number of nitrogens with one attached hydrogen (secondary N) is 1. The lowest BCUT2D eigenvalue weighted by molar-refractivity contribution is -0.385. The molecule has 1 aromatic rings. The standard InChI is InChI=1S/C12H14Br2N2O3/c13-4-2-1-3-5-15-12(17)9-6-10(14)8-11(7-9)16(18)19/h6-8H,1-5H2,(H,15,17). The molecular weight excluding hydrogens is 380 g/mol. The third-order valence-electron chi connectivity index (χ3n) is 2.45. The van der Waals surface area contributed by atoms with Crippen molar-refractivity contribution in [3.63, 3.8) is 0 Å². The molecule has 0 aliphatic heterocycles. The first-order valence-corrected chi connectivity index (χ1v) is 7.75. The van der Waals surface area contributed by atoms with Crippen molar-refractivity contribution in [2.24, 2.45) is 0 Å². The Labute approximate surface area is 128 Å². The number of benzene rings is 1. The number of carbonyl (C=O) groups excluding carboxylic acids is 1. The van der Waals surface area contributed by atoms with Gasteiger partial charge in [-0.2, -0.15) is 0 Å². The van der Waals surface area contributed by atoms with E-state index < -0.39 is 4.92 Å². The maximum atomic E-state index is 11.8. The van der Waals surface area contributed by atoms with Gasteiger partial charge in [0.1, 0.15) is 0 Å². The van der Waals surface area contributed by atoms with Crippen molar-refractivity contribution < 1.29 is 9.72 Å². The molecule has 5 nitrogen and oxygen atoms in total. The lowest BCUT2D eigenvalue weighted by Crippen LogP contribution is -2.24. The number of carbonyl (C=O) groups is 1. The van der Waals surface area contributed by atoms with E-state index in [1.807, 2.05) is 0 Å². The van der Waals surface area contributed by atoms with E-state index in [0.29, 0.717) is 16.6 Å². The van der Waals surface area contributed by atoms with Crippen molar-refractivity contribution in [1.29, 1.82) is 0 Å². The Morgan fingerprint density at radius 3 is 2.63 bits per heavy atom. The maximum absolute atomic E-state index is 11.8. The van der Waals surface area contributed by atoms with Gasteiger partial charge in [0, 0.05) is 34.0 Å². The van der Waals surface area contributed by atoms with E-state index >= 15 is 0 Å². The zero-order valence-corrected chi connectivity index (χ0v) is 13.4. The molecule has 0 atom stereocenters. The van der Waals surface area contributed by atoms with Crippen LogP contribution in [0.3, 0.4) is 0 Å². The number of nitro benzene ring substituents is 1. The van der Waals surface area contributed by atoms with Crippen LogP contribution in [-0.4, -0.2) is 22.7 Å². The SMILES string of the molecule is O=C(NCCCCCBr)c1cc(Br)cc([N+](=O)[O-])c1. The lowest BCUT2D eigenvalue weighted by atomic mass is 10.2. The van der Waals surface area contributed by atoms with Crippen LogP contribution in [0.1, 0.15) is 29.6 Å². The van der Waals surface area contributed by atoms with Crippen LogP contribution >= 0.6 is 31.9 Å². The predicted molar refractivity (Wildman–Crippen MR) is 80.8 cm³/mol. The molecule has 0 radical (unpaired) electrons. The highest BCUT2D eigenvalue weighted by molar-refractivity contribution is 9.10. The minimum atomic E-state index is -0.516. The fourth-order valence-electron chi connectivity index (χ4n) is 1.51. The summed E-state index contributed by atoms with van der Waals surface area (Å²) >= 11 is 6.50. The molecule has 104 valence electrons. The quantitative estimate of drug-likeness (QED) is 0.332. The van der Waals surface area contributed by atoms with Crippen LogP contribution in [-0.2, 0) is 0 Å². The number of non-ortho nitro benzene ring substituents is 1. The van der Waals surface area contributed by atoms with E-state index in [-0.39, 0.29) is 11.6 Å². The molecule has 1 aromatic carbocycles. The van der Waals surface area contributed by atoms with Crippen molar-refractivity contribution >= 4 is 43.5 Å². The van der Waals surface area contributed by atoms with Crippen LogP contribution in [0.2, 0.25) is 0 Å². The molecule has 1 amide bonds. The summed E-state index contributed by atoms with van der Waals surface area (Å²) in [6.07, 6.45) is 3.00. The van der Waals surface area contributed by atoms with Gasteiger partial charge in [-0.1, -0.05) is 38.3 Å². The first kappa shape index (κ1) is 16.1. The zero-order valence-electron chi connectivity index (χ0n) is 10.2. The van der Waals surface area contributed by atoms with Gasteiger partial charge in [-0.25, -0.2) is 0 Å². The second-order valence-electron chi connectivity index (χ2n) is 3.96. The van der Waals surface area contributed by atoms with E-state index in [4.69, 9.17) is 0 Å². The highest BCUT2D eigenvalue weighted by Gasteiger charge is 2.13. The topological polar surface area (TPSA) is 72.2 Å². The Morgan fingerprint density at radius 1 is 1.26 bits per heavy atom. The summed E-state index contributed by atoms with van der Waals surface area (Å²) in [6.45, 7) is 0.576. The highest BCUT2D eigenvalue weighted by Crippen LogP contribution is 2.21. The fourth-order valence-corrected chi connectivity index (χ4v) is 2.39. The monoisotopic (exact) mass is 392 g/mol. The fraction of sp³-hybridized carbons (Fsp3) is 0.417. The van der Waals surface area contributed by atoms with Gasteiger partial charge >= 0.3 is 0 Å². The Kier molecular flexibility index (Phi) is 7.01. The number of alkyl halides is 1. The van der Waals surface area contributed by atoms with Gasteiger partial charge in [0.25, 0.3) is 11.6 Å². The molecule has 0 unspecified atom stereocenters. The van der Waals surface area contributed by atoms with Crippen molar-refractivity contribution in [2.75, 3.05) is 11.9 Å². The first-order chi connectivity index (χ1) is 9.04. The molecule has 19 heavy (non-hydrogen) atoms. The average molecular weight is 394 g/mol. The van der Waals surface area contributed by atoms with E-state index in [1.165, 1.54) is 12.1 Å². The van der Waals surface area contributed by atoms with Gasteiger partial charge in [0.05, 0.1) is 4.92 Å². The van der Waals surface area contributed by atoms with Crippen LogP contribution in [0.5, 0.6) is 0 Å². The molecule has 1 N–H and O–H groups in total. The number of amides is 1. The number of rotatable bonds is 7. The summed E-state index contributed by atoms with van der Waals surface area (Å²) in [7, 11) is 0. The van der Waals surface area contributed by atoms with Crippen LogP contribution < -0.4 is 5.32 Å². The Balaban J connectivity index is 2.59. The molecule has 0 fully saturated rings. The summed E-state index contributed by atoms with van der Waals surface area (Å²) in [6, 6.07) is 4.21. The number of hydrogen-bond acceptors (Lipinski definition) is 3. The van der Waals surface area contributed by atoms with Gasteiger partial charge in [0.2, 0.25) is 0 Å². The molecule has 0 spiro atoms. The molecule has 0 aliphatic rings. The van der Waals surface area contributed by atoms with E-state index in [9.17, 15) is 14.9 Å². The molecule has 7 heteroatoms. The molecule has 0 heterocycles. The Morgan fingerprint density at radius 2 is 2.00 bits per heavy atom. The average Bonchev–Trinajstić information content (AvgIpc) is 2.37. The molecule has 0 saturated heterocycles. The zero-order chi connectivity index (χ0) is 14.3. The van der Waals surface area contributed by atoms with Crippen LogP contribution in [0.25, 0.3) is 0 Å². The summed E-state index contributed by atoms with van der Waals surface area (Å²) in [5, 5.41) is 14.4. The summed E-state index contributed by atoms with van der Waals surface area (Å²) in [5.74, 6) is -0.289. The Hall–Kier alpha value is -0.950. The minimum Gasteiger partial charge on any atom is -0.352 e. The van der Waals surface area contributed by atoms with Crippen molar-refractivity contribution in [3.05, 3.63) is 38.3 Å². The second kappa shape index (κ2) is 8.27. The normalized spacial score (nSPS) is 10.2. The van der Waals surface area contributed by atoms with Crippen LogP contribution in [0.4, 0.5) is 5.69 Å². The molecule has 1 rings (SSSR count). The van der Waals surface area contributed by atoms with E-state index in [1.54, 1.807) is 6.07 Å². The van der Waals surface area contributed by atoms with Crippen LogP contribution in [0, 0.1) is 10.1 Å². The number of nitro groups is 1. The number of unbranched alkanes of at least 4 members (excludes halogenated alkanes) is 2. The lowest BCUT2D eigenvalue weighted by Gasteiger charge is -2.05. The van der Waals surface area contributed by atoms with Crippen molar-refractivity contribution in [3.8, 4) is 0 Å². The number of hydrogen-bond donors (Lipinski definition) is 1. The van der Waals surface area contributed by atoms with Crippen LogP contribution in [0.15, 0.2) is 22.7 Å². The number of nitrogens with zero attached hydrogens (tertiary/aromatic N) is 1. The highest BCUT2D eigenvalue weighted by atomic mass is 79.9. The molecular formula is C12H14Br2N2O3. The summed E-state index contributed by atoms with van der Waals surface area (Å²) < 4.78 is 0.520. The molecule has 0 aliphatic carbocycles. The molecule has 0 saturated carbocycles. The third kappa shape index (κ3) is 5.69. The first-order valence-electron chi connectivity index (χ1n) is 5.83. The summed E-state index contributed by atoms with van der Waals surface area (Å²) in [5.41, 5.74) is 0.195. The maximum Gasteiger partial charge on any atom is 0.271 e. The summed E-state index contributed by atoms with van der Waals surface area (Å²) in [4.78, 5) is 22.0. The van der Waals surface area contributed by atoms with E-state index in [0.717, 1.165) is 24.6 Å². The van der Waals surface area contributed by atoms with Gasteiger partial charge in [-0.15, -0.1) is 0 Å². The largest absolute Gasteiger partial charge is 0.352 e. The smallest absolute Gasteiger partial charge is 0.271 e. The second-order valence-corrected chi connectivity index (χ2v) is 5.67.